The van der Waals surface area contributed by atoms with Gasteiger partial charge in [0.25, 0.3) is 5.91 Å². The molecule has 2 aromatic rings. The lowest BCUT2D eigenvalue weighted by Crippen LogP contribution is -2.27. The van der Waals surface area contributed by atoms with Gasteiger partial charge in [0.15, 0.2) is 0 Å². The summed E-state index contributed by atoms with van der Waals surface area (Å²) >= 11 is 1.59. The Balaban J connectivity index is 1.80. The average Bonchev–Trinajstić information content (AvgIpc) is 3.18. The summed E-state index contributed by atoms with van der Waals surface area (Å²) in [7, 11) is 1.60. The van der Waals surface area contributed by atoms with E-state index < -0.39 is 0 Å². The Morgan fingerprint density at radius 2 is 2.14 bits per heavy atom. The maximum absolute atomic E-state index is 12.1. The fourth-order valence-electron chi connectivity index (χ4n) is 2.42. The van der Waals surface area contributed by atoms with Crippen LogP contribution in [-0.2, 0) is 11.3 Å². The minimum Gasteiger partial charge on any atom is -0.467 e. The number of hydrogen-bond donors (Lipinski definition) is 1. The molecule has 0 unspecified atom stereocenters. The van der Waals surface area contributed by atoms with E-state index in [-0.39, 0.29) is 17.2 Å². The fraction of sp³-hybridized carbons (Fsp3) is 0.250. The molecule has 0 spiro atoms. The molecule has 1 aliphatic rings. The average molecular weight is 316 g/mol. The van der Waals surface area contributed by atoms with E-state index >= 15 is 0 Å². The molecule has 1 saturated heterocycles. The molecule has 6 heteroatoms. The van der Waals surface area contributed by atoms with Gasteiger partial charge in [0, 0.05) is 12.6 Å². The van der Waals surface area contributed by atoms with Crippen molar-refractivity contribution in [2.75, 3.05) is 12.8 Å². The van der Waals surface area contributed by atoms with Crippen LogP contribution < -0.4 is 5.32 Å². The van der Waals surface area contributed by atoms with E-state index in [1.807, 2.05) is 24.3 Å². The van der Waals surface area contributed by atoms with Crippen molar-refractivity contribution in [3.63, 3.8) is 0 Å². The molecule has 1 N–H and O–H groups in total. The van der Waals surface area contributed by atoms with E-state index in [2.05, 4.69) is 5.32 Å². The van der Waals surface area contributed by atoms with Crippen molar-refractivity contribution in [2.45, 2.75) is 11.9 Å². The second-order valence-corrected chi connectivity index (χ2v) is 6.03. The standard InChI is InChI=1S/C16H16N2O3S/c1-17-15(20)11-4-6-12(7-5-11)16-18(14(19)10-22-16)9-13-3-2-8-21-13/h2-8,16H,9-10H2,1H3,(H,17,20)/t16-/m0/s1. The Kier molecular flexibility index (Phi) is 4.20. The second-order valence-electron chi connectivity index (χ2n) is 4.97. The molecular formula is C16H16N2O3S. The smallest absolute Gasteiger partial charge is 0.251 e. The highest BCUT2D eigenvalue weighted by molar-refractivity contribution is 8.00. The molecule has 0 aliphatic carbocycles. The summed E-state index contributed by atoms with van der Waals surface area (Å²) in [6, 6.07) is 11.0. The predicted molar refractivity (Wildman–Crippen MR) is 84.3 cm³/mol. The lowest BCUT2D eigenvalue weighted by molar-refractivity contribution is -0.128. The van der Waals surface area contributed by atoms with Gasteiger partial charge in [-0.15, -0.1) is 11.8 Å². The molecule has 0 bridgehead atoms. The van der Waals surface area contributed by atoms with Gasteiger partial charge in [0.05, 0.1) is 18.6 Å². The quantitative estimate of drug-likeness (QED) is 0.941. The monoisotopic (exact) mass is 316 g/mol. The molecule has 1 aromatic carbocycles. The van der Waals surface area contributed by atoms with Crippen molar-refractivity contribution in [3.05, 3.63) is 59.5 Å². The van der Waals surface area contributed by atoms with Gasteiger partial charge in [-0.25, -0.2) is 0 Å². The normalized spacial score (nSPS) is 17.8. The summed E-state index contributed by atoms with van der Waals surface area (Å²) in [4.78, 5) is 25.5. The van der Waals surface area contributed by atoms with Gasteiger partial charge in [-0.1, -0.05) is 12.1 Å². The lowest BCUT2D eigenvalue weighted by Gasteiger charge is -2.23. The van der Waals surface area contributed by atoms with Crippen molar-refractivity contribution in [1.29, 1.82) is 0 Å². The van der Waals surface area contributed by atoms with Crippen LogP contribution in [0.5, 0.6) is 0 Å². The van der Waals surface area contributed by atoms with Crippen LogP contribution >= 0.6 is 11.8 Å². The van der Waals surface area contributed by atoms with E-state index in [0.717, 1.165) is 11.3 Å². The van der Waals surface area contributed by atoms with Crippen LogP contribution in [0, 0.1) is 0 Å². The zero-order valence-corrected chi connectivity index (χ0v) is 12.9. The van der Waals surface area contributed by atoms with Crippen LogP contribution in [0.4, 0.5) is 0 Å². The van der Waals surface area contributed by atoms with Crippen molar-refractivity contribution in [2.24, 2.45) is 0 Å². The molecular weight excluding hydrogens is 300 g/mol. The van der Waals surface area contributed by atoms with E-state index in [0.29, 0.717) is 17.9 Å². The molecule has 22 heavy (non-hydrogen) atoms. The van der Waals surface area contributed by atoms with Crippen molar-refractivity contribution in [3.8, 4) is 0 Å². The Labute approximate surface area is 132 Å². The van der Waals surface area contributed by atoms with Gasteiger partial charge < -0.3 is 14.6 Å². The number of carbonyl (C=O) groups excluding carboxylic acids is 2. The number of benzene rings is 1. The van der Waals surface area contributed by atoms with E-state index in [1.54, 1.807) is 42.1 Å². The second kappa shape index (κ2) is 6.27. The van der Waals surface area contributed by atoms with E-state index in [4.69, 9.17) is 4.42 Å². The van der Waals surface area contributed by atoms with Crippen LogP contribution in [0.25, 0.3) is 0 Å². The molecule has 1 aliphatic heterocycles. The summed E-state index contributed by atoms with van der Waals surface area (Å²) in [6.07, 6.45) is 1.61. The first-order chi connectivity index (χ1) is 10.7. The predicted octanol–water partition coefficient (Wildman–Crippen LogP) is 2.41. The minimum absolute atomic E-state index is 0.0451. The third-order valence-electron chi connectivity index (χ3n) is 3.56. The topological polar surface area (TPSA) is 62.6 Å². The van der Waals surface area contributed by atoms with Crippen LogP contribution in [0.2, 0.25) is 0 Å². The van der Waals surface area contributed by atoms with Gasteiger partial charge in [0.1, 0.15) is 11.1 Å². The van der Waals surface area contributed by atoms with E-state index in [1.165, 1.54) is 0 Å². The molecule has 1 atom stereocenters. The highest BCUT2D eigenvalue weighted by Gasteiger charge is 2.33. The molecule has 114 valence electrons. The van der Waals surface area contributed by atoms with Gasteiger partial charge in [-0.3, -0.25) is 9.59 Å². The highest BCUT2D eigenvalue weighted by atomic mass is 32.2. The first-order valence-corrected chi connectivity index (χ1v) is 7.99. The Hall–Kier alpha value is -2.21. The number of carbonyl (C=O) groups is 2. The van der Waals surface area contributed by atoms with Gasteiger partial charge >= 0.3 is 0 Å². The third kappa shape index (κ3) is 2.87. The molecule has 3 rings (SSSR count). The number of nitrogens with zero attached hydrogens (tertiary/aromatic N) is 1. The summed E-state index contributed by atoms with van der Waals surface area (Å²) in [5.74, 6) is 1.21. The van der Waals surface area contributed by atoms with Crippen LogP contribution in [-0.4, -0.2) is 29.5 Å². The number of nitrogens with one attached hydrogen (secondary N) is 1. The van der Waals surface area contributed by atoms with Gasteiger partial charge in [-0.05, 0) is 29.8 Å². The number of thioether (sulfide) groups is 1. The van der Waals surface area contributed by atoms with Gasteiger partial charge in [-0.2, -0.15) is 0 Å². The van der Waals surface area contributed by atoms with Crippen LogP contribution in [0.15, 0.2) is 47.1 Å². The summed E-state index contributed by atoms with van der Waals surface area (Å²) < 4.78 is 5.34. The minimum atomic E-state index is -0.117. The molecule has 1 aromatic heterocycles. The van der Waals surface area contributed by atoms with Gasteiger partial charge in [0.2, 0.25) is 5.91 Å². The highest BCUT2D eigenvalue weighted by Crippen LogP contribution is 2.39. The number of amides is 2. The van der Waals surface area contributed by atoms with Crippen molar-refractivity contribution >= 4 is 23.6 Å². The van der Waals surface area contributed by atoms with Crippen LogP contribution in [0.3, 0.4) is 0 Å². The van der Waals surface area contributed by atoms with Crippen molar-refractivity contribution in [1.82, 2.24) is 10.2 Å². The molecule has 2 amide bonds. The zero-order chi connectivity index (χ0) is 15.5. The Morgan fingerprint density at radius 3 is 2.77 bits per heavy atom. The Bertz CT molecular complexity index is 667. The molecule has 0 saturated carbocycles. The van der Waals surface area contributed by atoms with Crippen molar-refractivity contribution < 1.29 is 14.0 Å². The summed E-state index contributed by atoms with van der Waals surface area (Å²) in [5, 5.41) is 2.55. The van der Waals surface area contributed by atoms with Crippen LogP contribution in [0.1, 0.15) is 27.1 Å². The summed E-state index contributed by atoms with van der Waals surface area (Å²) in [5.41, 5.74) is 1.62. The number of rotatable bonds is 4. The zero-order valence-electron chi connectivity index (χ0n) is 12.1. The maximum atomic E-state index is 12.1. The number of furan rings is 1. The first kappa shape index (κ1) is 14.7. The molecule has 5 nitrogen and oxygen atoms in total. The number of hydrogen-bond acceptors (Lipinski definition) is 4. The largest absolute Gasteiger partial charge is 0.467 e. The maximum Gasteiger partial charge on any atom is 0.251 e. The SMILES string of the molecule is CNC(=O)c1ccc([C@@H]2SCC(=O)N2Cc2ccco2)cc1. The Morgan fingerprint density at radius 1 is 1.36 bits per heavy atom. The molecule has 0 radical (unpaired) electrons. The van der Waals surface area contributed by atoms with E-state index in [9.17, 15) is 9.59 Å². The summed E-state index contributed by atoms with van der Waals surface area (Å²) in [6.45, 7) is 0.459. The lowest BCUT2D eigenvalue weighted by atomic mass is 10.1. The third-order valence-corrected chi connectivity index (χ3v) is 4.82. The fourth-order valence-corrected chi connectivity index (χ4v) is 3.60. The molecule has 2 heterocycles. The first-order valence-electron chi connectivity index (χ1n) is 6.94. The molecule has 1 fully saturated rings.